The normalized spacial score (nSPS) is 10.4. The third-order valence-electron chi connectivity index (χ3n) is 2.01. The van der Waals surface area contributed by atoms with Gasteiger partial charge in [0.1, 0.15) is 0 Å². The smallest absolute Gasteiger partial charge is 0.0992 e. The predicted octanol–water partition coefficient (Wildman–Crippen LogP) is 3.96. The van der Waals surface area contributed by atoms with Gasteiger partial charge in [0.05, 0.1) is 11.6 Å². The Kier molecular flexibility index (Phi) is 2.82. The fourth-order valence-electron chi connectivity index (χ4n) is 1.41. The molecule has 2 aromatic rings. The van der Waals surface area contributed by atoms with Crippen LogP contribution in [0.25, 0.3) is 10.1 Å². The maximum absolute atomic E-state index is 8.84. The molecule has 0 saturated carbocycles. The van der Waals surface area contributed by atoms with Crippen LogP contribution in [0.5, 0.6) is 0 Å². The Morgan fingerprint density at radius 1 is 1.50 bits per heavy atom. The highest BCUT2D eigenvalue weighted by atomic mass is 79.9. The van der Waals surface area contributed by atoms with E-state index in [1.54, 1.807) is 11.3 Å². The Labute approximate surface area is 99.9 Å². The highest BCUT2D eigenvalue weighted by Crippen LogP contribution is 2.33. The fourth-order valence-corrected chi connectivity index (χ4v) is 3.26. The first-order chi connectivity index (χ1) is 6.76. The minimum Gasteiger partial charge on any atom is -0.192 e. The number of halogens is 1. The Balaban J connectivity index is 2.84. The van der Waals surface area contributed by atoms with Crippen molar-refractivity contribution in [3.05, 3.63) is 28.6 Å². The predicted molar refractivity (Wildman–Crippen MR) is 66.4 cm³/mol. The lowest BCUT2D eigenvalue weighted by molar-refractivity contribution is 1.43. The summed E-state index contributed by atoms with van der Waals surface area (Å²) >= 11 is 9.44. The second kappa shape index (κ2) is 3.93. The number of thiol groups is 1. The van der Waals surface area contributed by atoms with E-state index in [4.69, 9.17) is 5.26 Å². The molecule has 1 heterocycles. The number of thiophene rings is 1. The molecule has 1 aromatic heterocycles. The second-order valence-electron chi connectivity index (χ2n) is 2.87. The van der Waals surface area contributed by atoms with E-state index in [-0.39, 0.29) is 0 Å². The fraction of sp³-hybridized carbons (Fsp3) is 0.100. The van der Waals surface area contributed by atoms with Crippen molar-refractivity contribution in [1.82, 2.24) is 0 Å². The third-order valence-corrected chi connectivity index (χ3v) is 4.07. The quantitative estimate of drug-likeness (QED) is 0.622. The van der Waals surface area contributed by atoms with Crippen molar-refractivity contribution in [3.63, 3.8) is 0 Å². The second-order valence-corrected chi connectivity index (χ2v) is 4.83. The van der Waals surface area contributed by atoms with Crippen LogP contribution in [0.1, 0.15) is 11.1 Å². The maximum atomic E-state index is 8.84. The summed E-state index contributed by atoms with van der Waals surface area (Å²) in [5, 5.41) is 12.8. The van der Waals surface area contributed by atoms with E-state index >= 15 is 0 Å². The molecule has 0 N–H and O–H groups in total. The van der Waals surface area contributed by atoms with Gasteiger partial charge in [0.15, 0.2) is 0 Å². The zero-order valence-electron chi connectivity index (χ0n) is 7.12. The topological polar surface area (TPSA) is 23.8 Å². The lowest BCUT2D eigenvalue weighted by Crippen LogP contribution is -1.82. The molecule has 0 atom stereocenters. The van der Waals surface area contributed by atoms with Gasteiger partial charge in [0.25, 0.3) is 0 Å². The largest absolute Gasteiger partial charge is 0.192 e. The lowest BCUT2D eigenvalue weighted by atomic mass is 10.1. The highest BCUT2D eigenvalue weighted by Gasteiger charge is 2.07. The lowest BCUT2D eigenvalue weighted by Gasteiger charge is -2.00. The number of hydrogen-bond acceptors (Lipinski definition) is 3. The van der Waals surface area contributed by atoms with Gasteiger partial charge in [-0.2, -0.15) is 5.26 Å². The van der Waals surface area contributed by atoms with Crippen molar-refractivity contribution in [1.29, 1.82) is 5.26 Å². The molecule has 0 amide bonds. The molecule has 1 nitrogen and oxygen atoms in total. The van der Waals surface area contributed by atoms with Crippen molar-refractivity contribution in [3.8, 4) is 6.07 Å². The molecule has 0 unspecified atom stereocenters. The zero-order chi connectivity index (χ0) is 10.1. The summed E-state index contributed by atoms with van der Waals surface area (Å²) in [6.07, 6.45) is 0. The van der Waals surface area contributed by atoms with Crippen LogP contribution in [-0.4, -0.2) is 0 Å². The van der Waals surface area contributed by atoms with Gasteiger partial charge in [-0.25, -0.2) is 0 Å². The van der Waals surface area contributed by atoms with E-state index in [1.165, 1.54) is 0 Å². The highest BCUT2D eigenvalue weighted by molar-refractivity contribution is 9.08. The molecule has 0 spiro atoms. The summed E-state index contributed by atoms with van der Waals surface area (Å²) in [5.41, 5.74) is 1.84. The van der Waals surface area contributed by atoms with Gasteiger partial charge in [-0.05, 0) is 17.7 Å². The first kappa shape index (κ1) is 10.0. The third kappa shape index (κ3) is 1.56. The van der Waals surface area contributed by atoms with Crippen LogP contribution in [0.2, 0.25) is 0 Å². The summed E-state index contributed by atoms with van der Waals surface area (Å²) in [5.74, 6) is 0. The summed E-state index contributed by atoms with van der Waals surface area (Å²) in [7, 11) is 0. The van der Waals surface area contributed by atoms with Crippen molar-refractivity contribution in [2.45, 2.75) is 10.2 Å². The van der Waals surface area contributed by atoms with Gasteiger partial charge in [-0.3, -0.25) is 0 Å². The molecule has 0 radical (unpaired) electrons. The minimum atomic E-state index is 0.710. The van der Waals surface area contributed by atoms with Crippen LogP contribution in [-0.2, 0) is 5.33 Å². The van der Waals surface area contributed by atoms with E-state index in [0.29, 0.717) is 5.56 Å². The Bertz CT molecular complexity index is 525. The Morgan fingerprint density at radius 2 is 2.29 bits per heavy atom. The van der Waals surface area contributed by atoms with Gasteiger partial charge in [-0.1, -0.05) is 15.9 Å². The number of rotatable bonds is 1. The van der Waals surface area contributed by atoms with E-state index in [0.717, 1.165) is 25.9 Å². The van der Waals surface area contributed by atoms with Crippen molar-refractivity contribution >= 4 is 50.0 Å². The van der Waals surface area contributed by atoms with Gasteiger partial charge in [0, 0.05) is 25.7 Å². The number of nitriles is 1. The van der Waals surface area contributed by atoms with Crippen molar-refractivity contribution < 1.29 is 0 Å². The molecule has 4 heteroatoms. The van der Waals surface area contributed by atoms with E-state index in [1.807, 2.05) is 17.5 Å². The molecule has 0 saturated heterocycles. The standard InChI is InChI=1S/C10H6BrNS2/c11-3-7-1-6(4-12)2-9-10(7)8(13)5-14-9/h1-2,5,13H,3H2. The van der Waals surface area contributed by atoms with Gasteiger partial charge in [-0.15, -0.1) is 24.0 Å². The molecule has 1 aromatic carbocycles. The molecule has 0 fully saturated rings. The average molecular weight is 284 g/mol. The molecule has 2 rings (SSSR count). The van der Waals surface area contributed by atoms with Crippen molar-refractivity contribution in [2.75, 3.05) is 0 Å². The Morgan fingerprint density at radius 3 is 2.93 bits per heavy atom. The molecular formula is C10H6BrNS2. The SMILES string of the molecule is N#Cc1cc(CBr)c2c(S)csc2c1. The number of fused-ring (bicyclic) bond motifs is 1. The molecule has 0 aliphatic carbocycles. The summed E-state index contributed by atoms with van der Waals surface area (Å²) in [6.45, 7) is 0. The summed E-state index contributed by atoms with van der Waals surface area (Å²) in [6, 6.07) is 5.98. The number of benzene rings is 1. The van der Waals surface area contributed by atoms with Crippen LogP contribution in [0.4, 0.5) is 0 Å². The van der Waals surface area contributed by atoms with Crippen LogP contribution in [0.3, 0.4) is 0 Å². The summed E-state index contributed by atoms with van der Waals surface area (Å²) < 4.78 is 1.13. The molecule has 0 aliphatic heterocycles. The van der Waals surface area contributed by atoms with Crippen molar-refractivity contribution in [2.24, 2.45) is 0 Å². The zero-order valence-corrected chi connectivity index (χ0v) is 10.4. The molecule has 14 heavy (non-hydrogen) atoms. The molecule has 0 aliphatic rings. The van der Waals surface area contributed by atoms with Gasteiger partial charge >= 0.3 is 0 Å². The first-order valence-electron chi connectivity index (χ1n) is 3.95. The first-order valence-corrected chi connectivity index (χ1v) is 6.40. The number of hydrogen-bond donors (Lipinski definition) is 1. The summed E-state index contributed by atoms with van der Waals surface area (Å²) in [4.78, 5) is 0.990. The molecule has 0 bridgehead atoms. The van der Waals surface area contributed by atoms with Crippen LogP contribution in [0.15, 0.2) is 22.4 Å². The van der Waals surface area contributed by atoms with Crippen LogP contribution in [0, 0.1) is 11.3 Å². The molecular weight excluding hydrogens is 278 g/mol. The molecule has 70 valence electrons. The van der Waals surface area contributed by atoms with Crippen LogP contribution < -0.4 is 0 Å². The minimum absolute atomic E-state index is 0.710. The van der Waals surface area contributed by atoms with E-state index < -0.39 is 0 Å². The monoisotopic (exact) mass is 283 g/mol. The number of alkyl halides is 1. The Hall–Kier alpha value is -0.500. The van der Waals surface area contributed by atoms with Gasteiger partial charge in [0.2, 0.25) is 0 Å². The maximum Gasteiger partial charge on any atom is 0.0992 e. The van der Waals surface area contributed by atoms with Crippen LogP contribution >= 0.6 is 39.9 Å². The average Bonchev–Trinajstić information content (AvgIpc) is 2.59. The van der Waals surface area contributed by atoms with Gasteiger partial charge < -0.3 is 0 Å². The number of nitrogens with zero attached hydrogens (tertiary/aromatic N) is 1. The van der Waals surface area contributed by atoms with E-state index in [9.17, 15) is 0 Å². The van der Waals surface area contributed by atoms with E-state index in [2.05, 4.69) is 34.6 Å².